The van der Waals surface area contributed by atoms with Crippen LogP contribution in [0.4, 0.5) is 0 Å². The van der Waals surface area contributed by atoms with Gasteiger partial charge in [0.2, 0.25) is 0 Å². The summed E-state index contributed by atoms with van der Waals surface area (Å²) in [5, 5.41) is 0. The smallest absolute Gasteiger partial charge is 0.306 e. The lowest BCUT2D eigenvalue weighted by Gasteiger charge is -2.18. The molecule has 0 heterocycles. The Balaban J connectivity index is 4.25. The minimum atomic E-state index is -0.766. The van der Waals surface area contributed by atoms with Crippen LogP contribution in [0.3, 0.4) is 0 Å². The second kappa shape index (κ2) is 67.7. The van der Waals surface area contributed by atoms with E-state index in [4.69, 9.17) is 14.2 Å². The fourth-order valence-corrected chi connectivity index (χ4v) is 11.2. The minimum absolute atomic E-state index is 0.0628. The van der Waals surface area contributed by atoms with Crippen LogP contribution < -0.4 is 0 Å². The number of esters is 3. The van der Waals surface area contributed by atoms with Gasteiger partial charge in [0.15, 0.2) is 6.10 Å². The molecule has 0 saturated heterocycles. The van der Waals surface area contributed by atoms with Gasteiger partial charge in [-0.25, -0.2) is 0 Å². The van der Waals surface area contributed by atoms with Gasteiger partial charge in [0.05, 0.1) is 0 Å². The Hall–Kier alpha value is -1.85. The molecule has 0 rings (SSSR count). The van der Waals surface area contributed by atoms with E-state index < -0.39 is 6.10 Å². The van der Waals surface area contributed by atoms with Crippen molar-refractivity contribution in [1.29, 1.82) is 0 Å². The normalized spacial score (nSPS) is 12.0. The molecular weight excluding hydrogens is 961 g/mol. The number of ether oxygens (including phenoxy) is 3. The predicted octanol–water partition coefficient (Wildman–Crippen LogP) is 24.4. The maximum atomic E-state index is 13.0. The Morgan fingerprint density at radius 2 is 0.423 bits per heavy atom. The van der Waals surface area contributed by atoms with Gasteiger partial charge in [-0.3, -0.25) is 14.4 Å². The van der Waals surface area contributed by atoms with Gasteiger partial charge in [-0.15, -0.1) is 0 Å². The van der Waals surface area contributed by atoms with Crippen LogP contribution in [-0.4, -0.2) is 37.2 Å². The first-order chi connectivity index (χ1) is 38.5. The summed E-state index contributed by atoms with van der Waals surface area (Å²) in [5.41, 5.74) is 0. The summed E-state index contributed by atoms with van der Waals surface area (Å²) in [5.74, 6) is -0.826. The third-order valence-corrected chi connectivity index (χ3v) is 16.5. The van der Waals surface area contributed by atoms with Crippen molar-refractivity contribution < 1.29 is 28.6 Å². The fraction of sp³-hybridized carbons (Fsp3) is 0.931. The number of hydrogen-bond donors (Lipinski definition) is 0. The molecule has 0 aliphatic heterocycles. The Bertz CT molecular complexity index is 1210. The van der Waals surface area contributed by atoms with E-state index >= 15 is 0 Å². The number of carbonyl (C=O) groups excluding carboxylic acids is 3. The molecule has 0 aromatic heterocycles. The summed E-state index contributed by atoms with van der Waals surface area (Å²) in [4.78, 5) is 38.5. The summed E-state index contributed by atoms with van der Waals surface area (Å²) in [6, 6.07) is 0. The first-order valence-electron chi connectivity index (χ1n) is 35.7. The fourth-order valence-electron chi connectivity index (χ4n) is 11.2. The second-order valence-corrected chi connectivity index (χ2v) is 24.5. The van der Waals surface area contributed by atoms with Crippen LogP contribution in [0.1, 0.15) is 412 Å². The zero-order chi connectivity index (χ0) is 56.4. The molecule has 0 aromatic rings. The van der Waals surface area contributed by atoms with Crippen molar-refractivity contribution >= 4 is 17.9 Å². The van der Waals surface area contributed by atoms with Gasteiger partial charge in [-0.1, -0.05) is 360 Å². The summed E-state index contributed by atoms with van der Waals surface area (Å²) < 4.78 is 17.0. The van der Waals surface area contributed by atoms with Crippen LogP contribution in [0, 0.1) is 0 Å². The summed E-state index contributed by atoms with van der Waals surface area (Å²) >= 11 is 0. The van der Waals surface area contributed by atoms with Gasteiger partial charge in [0.1, 0.15) is 13.2 Å². The lowest BCUT2D eigenvalue weighted by atomic mass is 10.0. The van der Waals surface area contributed by atoms with Crippen LogP contribution in [0.15, 0.2) is 12.2 Å². The summed E-state index contributed by atoms with van der Waals surface area (Å²) in [7, 11) is 0. The molecular formula is C72H138O6. The monoisotopic (exact) mass is 1100 g/mol. The number of carbonyl (C=O) groups is 3. The topological polar surface area (TPSA) is 78.9 Å². The highest BCUT2D eigenvalue weighted by Gasteiger charge is 2.19. The molecule has 0 fully saturated rings. The molecule has 0 N–H and O–H groups in total. The van der Waals surface area contributed by atoms with Crippen molar-refractivity contribution in [2.24, 2.45) is 0 Å². The first-order valence-corrected chi connectivity index (χ1v) is 35.7. The molecule has 462 valence electrons. The molecule has 1 atom stereocenters. The molecule has 0 aromatic carbocycles. The van der Waals surface area contributed by atoms with E-state index in [1.807, 2.05) is 0 Å². The number of unbranched alkanes of at least 4 members (excludes halogenated alkanes) is 54. The average molecular weight is 1100 g/mol. The van der Waals surface area contributed by atoms with Gasteiger partial charge < -0.3 is 14.2 Å². The number of hydrogen-bond acceptors (Lipinski definition) is 6. The van der Waals surface area contributed by atoms with Gasteiger partial charge in [0.25, 0.3) is 0 Å². The summed E-state index contributed by atoms with van der Waals surface area (Å²) in [6.45, 7) is 6.74. The third-order valence-electron chi connectivity index (χ3n) is 16.5. The van der Waals surface area contributed by atoms with E-state index in [2.05, 4.69) is 32.9 Å². The van der Waals surface area contributed by atoms with Crippen molar-refractivity contribution in [1.82, 2.24) is 0 Å². The SMILES string of the molecule is CCCCCCCCCC/C=C\CCCCCCCCCCCCCC(=O)OCC(COC(=O)CCCCCCCCCCCCCCCCC)OC(=O)CCCCCCCCCCCCCCCCCCCCCCCC. The molecule has 6 nitrogen and oxygen atoms in total. The van der Waals surface area contributed by atoms with E-state index in [-0.39, 0.29) is 31.1 Å². The number of allylic oxidation sites excluding steroid dienone is 2. The largest absolute Gasteiger partial charge is 0.462 e. The number of rotatable bonds is 67. The van der Waals surface area contributed by atoms with Crippen LogP contribution in [0.5, 0.6) is 0 Å². The predicted molar refractivity (Wildman–Crippen MR) is 340 cm³/mol. The zero-order valence-corrected chi connectivity index (χ0v) is 53.2. The molecule has 6 heteroatoms. The Morgan fingerprint density at radius 1 is 0.244 bits per heavy atom. The maximum absolute atomic E-state index is 13.0. The van der Waals surface area contributed by atoms with E-state index in [1.54, 1.807) is 0 Å². The highest BCUT2D eigenvalue weighted by atomic mass is 16.6. The molecule has 0 spiro atoms. The zero-order valence-electron chi connectivity index (χ0n) is 53.2. The van der Waals surface area contributed by atoms with Gasteiger partial charge in [-0.05, 0) is 44.9 Å². The third kappa shape index (κ3) is 65.0. The molecule has 1 unspecified atom stereocenters. The van der Waals surface area contributed by atoms with Crippen molar-refractivity contribution in [3.63, 3.8) is 0 Å². The molecule has 0 radical (unpaired) electrons. The summed E-state index contributed by atoms with van der Waals surface area (Å²) in [6.07, 6.45) is 81.0. The van der Waals surface area contributed by atoms with Crippen molar-refractivity contribution in [3.05, 3.63) is 12.2 Å². The average Bonchev–Trinajstić information content (AvgIpc) is 3.44. The minimum Gasteiger partial charge on any atom is -0.462 e. The van der Waals surface area contributed by atoms with Crippen LogP contribution in [0.25, 0.3) is 0 Å². The quantitative estimate of drug-likeness (QED) is 0.0261. The molecule has 0 bridgehead atoms. The van der Waals surface area contributed by atoms with E-state index in [9.17, 15) is 14.4 Å². The molecule has 78 heavy (non-hydrogen) atoms. The van der Waals surface area contributed by atoms with Crippen LogP contribution in [-0.2, 0) is 28.6 Å². The van der Waals surface area contributed by atoms with E-state index in [0.29, 0.717) is 19.3 Å². The highest BCUT2D eigenvalue weighted by molar-refractivity contribution is 5.71. The Kier molecular flexibility index (Phi) is 66.0. The molecule has 0 aliphatic carbocycles. The van der Waals surface area contributed by atoms with Crippen molar-refractivity contribution in [2.75, 3.05) is 13.2 Å². The van der Waals surface area contributed by atoms with Gasteiger partial charge in [-0.2, -0.15) is 0 Å². The maximum Gasteiger partial charge on any atom is 0.306 e. The van der Waals surface area contributed by atoms with E-state index in [0.717, 1.165) is 57.8 Å². The van der Waals surface area contributed by atoms with Crippen LogP contribution >= 0.6 is 0 Å². The molecule has 0 amide bonds. The van der Waals surface area contributed by atoms with E-state index in [1.165, 1.54) is 315 Å². The molecule has 0 saturated carbocycles. The van der Waals surface area contributed by atoms with Gasteiger partial charge >= 0.3 is 17.9 Å². The van der Waals surface area contributed by atoms with Crippen molar-refractivity contribution in [2.45, 2.75) is 419 Å². The second-order valence-electron chi connectivity index (χ2n) is 24.5. The van der Waals surface area contributed by atoms with Crippen LogP contribution in [0.2, 0.25) is 0 Å². The standard InChI is InChI=1S/C72H138O6/c1-4-7-10-13-16-19-22-25-28-30-32-34-36-38-39-41-44-47-50-53-56-59-62-65-71(74)77-68-69(67-76-70(73)64-61-58-55-52-49-46-43-27-24-21-18-15-12-9-6-3)78-72(75)66-63-60-57-54-51-48-45-42-40-37-35-33-31-29-26-23-20-17-14-11-8-5-2/h30,32,69H,4-29,31,33-68H2,1-3H3/b32-30-. The van der Waals surface area contributed by atoms with Gasteiger partial charge in [0, 0.05) is 19.3 Å². The lowest BCUT2D eigenvalue weighted by Crippen LogP contribution is -2.30. The highest BCUT2D eigenvalue weighted by Crippen LogP contribution is 2.19. The Labute approximate surface area is 488 Å². The van der Waals surface area contributed by atoms with Crippen molar-refractivity contribution in [3.8, 4) is 0 Å². The first kappa shape index (κ1) is 76.1. The Morgan fingerprint density at radius 3 is 0.641 bits per heavy atom. The molecule has 0 aliphatic rings. The lowest BCUT2D eigenvalue weighted by molar-refractivity contribution is -0.167.